The van der Waals surface area contributed by atoms with Crippen LogP contribution >= 0.6 is 11.6 Å². The number of aromatic hydroxyl groups is 1. The molecule has 2 aromatic carbocycles. The number of phenols is 1. The quantitative estimate of drug-likeness (QED) is 0.167. The lowest BCUT2D eigenvalue weighted by Gasteiger charge is -2.19. The number of carbonyl (C=O) groups is 2. The van der Waals surface area contributed by atoms with Gasteiger partial charge in [-0.3, -0.25) is 15.5 Å². The first-order chi connectivity index (χ1) is 18.8. The molecule has 1 aromatic heterocycles. The number of amides is 2. The van der Waals surface area contributed by atoms with Crippen LogP contribution in [-0.2, 0) is 4.74 Å². The van der Waals surface area contributed by atoms with Crippen LogP contribution in [0.15, 0.2) is 36.7 Å². The molecule has 0 radical (unpaired) electrons. The summed E-state index contributed by atoms with van der Waals surface area (Å²) in [5.74, 6) is -0.432. The summed E-state index contributed by atoms with van der Waals surface area (Å²) in [5, 5.41) is 22.1. The van der Waals surface area contributed by atoms with Gasteiger partial charge in [-0.05, 0) is 49.6 Å². The highest BCUT2D eigenvalue weighted by molar-refractivity contribution is 6.34. The van der Waals surface area contributed by atoms with Gasteiger partial charge in [-0.25, -0.2) is 14.8 Å². The number of nitrogens with two attached hydrogens (primary N) is 1. The summed E-state index contributed by atoms with van der Waals surface area (Å²) in [7, 11) is 0. The second kappa shape index (κ2) is 12.9. The Kier molecular flexibility index (Phi) is 9.32. The van der Waals surface area contributed by atoms with Crippen molar-refractivity contribution in [1.82, 2.24) is 20.2 Å². The first kappa shape index (κ1) is 28.3. The summed E-state index contributed by atoms with van der Waals surface area (Å²) in [4.78, 5) is 35.5. The monoisotopic (exact) mass is 552 g/mol. The molecule has 0 spiro atoms. The third-order valence-corrected chi connectivity index (χ3v) is 7.10. The minimum atomic E-state index is -0.912. The van der Waals surface area contributed by atoms with E-state index in [1.54, 1.807) is 17.0 Å². The number of nitrogens with zero attached hydrogens (tertiary/aromatic N) is 3. The number of fused-ring (bicyclic) bond motifs is 1. The lowest BCUT2D eigenvalue weighted by atomic mass is 9.97. The van der Waals surface area contributed by atoms with E-state index >= 15 is 0 Å². The molecule has 1 unspecified atom stereocenters. The molecule has 1 aliphatic heterocycles. The molecule has 1 aliphatic rings. The number of rotatable bonds is 9. The van der Waals surface area contributed by atoms with Crippen LogP contribution < -0.4 is 11.1 Å². The minimum absolute atomic E-state index is 0.101. The summed E-state index contributed by atoms with van der Waals surface area (Å²) in [6, 6.07) is 6.77. The molecule has 2 amide bonds. The van der Waals surface area contributed by atoms with Gasteiger partial charge in [-0.15, -0.1) is 0 Å². The third kappa shape index (κ3) is 6.63. The van der Waals surface area contributed by atoms with E-state index in [0.717, 1.165) is 38.5 Å². The average molecular weight is 553 g/mol. The summed E-state index contributed by atoms with van der Waals surface area (Å²) in [5.41, 5.74) is 8.43. The van der Waals surface area contributed by atoms with Crippen molar-refractivity contribution in [3.8, 4) is 5.75 Å². The van der Waals surface area contributed by atoms with E-state index in [-0.39, 0.29) is 29.1 Å². The van der Waals surface area contributed by atoms with Crippen molar-refractivity contribution in [3.05, 3.63) is 64.1 Å². The standard InChI is InChI=1S/C28H33ClN6O4/c1-2-3-4-7-12-39-28(38)34-26(31)17-8-9-23(36)20(13-17)24(30)25-19-14-21(29)18(15-22(19)32-16-33-25)27(37)35-10-5-6-11-35/h8-9,13-16,24,36H,2-7,10-12,30H2,1H3,(H2,31,34,38). The number of hydrogen-bond acceptors (Lipinski definition) is 8. The van der Waals surface area contributed by atoms with Gasteiger partial charge in [0.25, 0.3) is 5.91 Å². The fraction of sp³-hybridized carbons (Fsp3) is 0.393. The molecule has 1 atom stereocenters. The van der Waals surface area contributed by atoms with E-state index < -0.39 is 12.1 Å². The number of hydrogen-bond donors (Lipinski definition) is 4. The Hall–Kier alpha value is -3.76. The number of aromatic nitrogens is 2. The van der Waals surface area contributed by atoms with E-state index in [0.29, 0.717) is 46.4 Å². The number of halogens is 1. The van der Waals surface area contributed by atoms with E-state index in [2.05, 4.69) is 22.2 Å². The number of phenolic OH excluding ortho intramolecular Hbond substituents is 1. The molecule has 2 heterocycles. The van der Waals surface area contributed by atoms with Crippen LogP contribution in [-0.4, -0.2) is 57.5 Å². The van der Waals surface area contributed by atoms with Crippen LogP contribution in [0.1, 0.15) is 78.7 Å². The van der Waals surface area contributed by atoms with Crippen molar-refractivity contribution in [2.45, 2.75) is 51.5 Å². The lowest BCUT2D eigenvalue weighted by Crippen LogP contribution is -2.31. The zero-order chi connectivity index (χ0) is 27.9. The highest BCUT2D eigenvalue weighted by Crippen LogP contribution is 2.33. The maximum absolute atomic E-state index is 13.0. The molecule has 0 bridgehead atoms. The van der Waals surface area contributed by atoms with Gasteiger partial charge < -0.3 is 20.5 Å². The highest BCUT2D eigenvalue weighted by Gasteiger charge is 2.24. The molecule has 1 saturated heterocycles. The van der Waals surface area contributed by atoms with Gasteiger partial charge in [0, 0.05) is 29.6 Å². The maximum Gasteiger partial charge on any atom is 0.412 e. The Balaban J connectivity index is 1.54. The van der Waals surface area contributed by atoms with Gasteiger partial charge in [0.2, 0.25) is 0 Å². The fourth-order valence-electron chi connectivity index (χ4n) is 4.61. The first-order valence-electron chi connectivity index (χ1n) is 13.1. The molecule has 39 heavy (non-hydrogen) atoms. The predicted molar refractivity (Wildman–Crippen MR) is 149 cm³/mol. The van der Waals surface area contributed by atoms with Crippen LogP contribution in [0.2, 0.25) is 5.02 Å². The predicted octanol–water partition coefficient (Wildman–Crippen LogP) is 4.90. The number of alkyl carbamates (subject to hydrolysis) is 1. The Morgan fingerprint density at radius 3 is 2.69 bits per heavy atom. The molecule has 206 valence electrons. The highest BCUT2D eigenvalue weighted by atomic mass is 35.5. The van der Waals surface area contributed by atoms with E-state index in [1.807, 2.05) is 0 Å². The molecule has 0 aliphatic carbocycles. The molecule has 11 heteroatoms. The Morgan fingerprint density at radius 2 is 1.95 bits per heavy atom. The number of carbonyl (C=O) groups excluding carboxylic acids is 2. The Labute approximate surface area is 232 Å². The van der Waals surface area contributed by atoms with E-state index in [1.165, 1.54) is 24.5 Å². The average Bonchev–Trinajstić information content (AvgIpc) is 3.47. The van der Waals surface area contributed by atoms with Crippen molar-refractivity contribution in [2.75, 3.05) is 19.7 Å². The second-order valence-electron chi connectivity index (χ2n) is 9.56. The zero-order valence-electron chi connectivity index (χ0n) is 21.9. The summed E-state index contributed by atoms with van der Waals surface area (Å²) in [6.45, 7) is 3.77. The number of unbranched alkanes of at least 4 members (excludes halogenated alkanes) is 3. The number of ether oxygens (including phenoxy) is 1. The maximum atomic E-state index is 13.0. The van der Waals surface area contributed by atoms with Crippen LogP contribution in [0.5, 0.6) is 5.75 Å². The summed E-state index contributed by atoms with van der Waals surface area (Å²) < 4.78 is 5.15. The molecule has 3 aromatic rings. The van der Waals surface area contributed by atoms with Crippen molar-refractivity contribution >= 4 is 40.3 Å². The molecular weight excluding hydrogens is 520 g/mol. The van der Waals surface area contributed by atoms with Crippen molar-refractivity contribution in [2.24, 2.45) is 5.73 Å². The van der Waals surface area contributed by atoms with Crippen LogP contribution in [0.4, 0.5) is 4.79 Å². The lowest BCUT2D eigenvalue weighted by molar-refractivity contribution is 0.0793. The molecule has 5 N–H and O–H groups in total. The first-order valence-corrected chi connectivity index (χ1v) is 13.5. The Morgan fingerprint density at radius 1 is 1.18 bits per heavy atom. The van der Waals surface area contributed by atoms with E-state index in [4.69, 9.17) is 27.5 Å². The number of likely N-dealkylation sites (tertiary alicyclic amines) is 1. The van der Waals surface area contributed by atoms with Gasteiger partial charge in [0.1, 0.15) is 17.9 Å². The molecule has 0 saturated carbocycles. The van der Waals surface area contributed by atoms with Gasteiger partial charge >= 0.3 is 6.09 Å². The molecule has 4 rings (SSSR count). The summed E-state index contributed by atoms with van der Waals surface area (Å²) in [6.07, 6.45) is 6.45. The van der Waals surface area contributed by atoms with Crippen LogP contribution in [0, 0.1) is 5.41 Å². The second-order valence-corrected chi connectivity index (χ2v) is 9.96. The minimum Gasteiger partial charge on any atom is -0.508 e. The number of nitrogens with one attached hydrogen (secondary N) is 2. The normalized spacial score (nSPS) is 13.9. The van der Waals surface area contributed by atoms with Crippen LogP contribution in [0.25, 0.3) is 10.9 Å². The molecule has 1 fully saturated rings. The fourth-order valence-corrected chi connectivity index (χ4v) is 4.85. The van der Waals surface area contributed by atoms with Gasteiger partial charge in [-0.1, -0.05) is 37.8 Å². The van der Waals surface area contributed by atoms with Crippen molar-refractivity contribution in [3.63, 3.8) is 0 Å². The number of benzene rings is 2. The Bertz CT molecular complexity index is 1380. The topological polar surface area (TPSA) is 155 Å². The van der Waals surface area contributed by atoms with Crippen LogP contribution in [0.3, 0.4) is 0 Å². The smallest absolute Gasteiger partial charge is 0.412 e. The van der Waals surface area contributed by atoms with E-state index in [9.17, 15) is 14.7 Å². The SMILES string of the molecule is CCCCCCOC(=O)NC(=N)c1ccc(O)c(C(N)c2ncnc3cc(C(=O)N4CCCC4)c(Cl)cc23)c1. The van der Waals surface area contributed by atoms with Crippen molar-refractivity contribution in [1.29, 1.82) is 5.41 Å². The van der Waals surface area contributed by atoms with Gasteiger partial charge in [0.05, 0.1) is 34.4 Å². The van der Waals surface area contributed by atoms with Gasteiger partial charge in [-0.2, -0.15) is 0 Å². The summed E-state index contributed by atoms with van der Waals surface area (Å²) >= 11 is 6.53. The van der Waals surface area contributed by atoms with Crippen molar-refractivity contribution < 1.29 is 19.4 Å². The molecular formula is C28H33ClN6O4. The molecule has 10 nitrogen and oxygen atoms in total. The third-order valence-electron chi connectivity index (χ3n) is 6.78. The largest absolute Gasteiger partial charge is 0.508 e. The zero-order valence-corrected chi connectivity index (χ0v) is 22.6. The van der Waals surface area contributed by atoms with Gasteiger partial charge in [0.15, 0.2) is 0 Å². The number of amidine groups is 1.